The summed E-state index contributed by atoms with van der Waals surface area (Å²) in [6.07, 6.45) is 1.41. The molecule has 0 aliphatic rings. The van der Waals surface area contributed by atoms with Gasteiger partial charge in [-0.2, -0.15) is 0 Å². The maximum Gasteiger partial charge on any atom is 0.341 e. The number of aromatic nitrogens is 2. The fourth-order valence-electron chi connectivity index (χ4n) is 3.67. The first-order valence-electron chi connectivity index (χ1n) is 10.4. The molecule has 8 heteroatoms. The minimum atomic E-state index is -1.05. The second-order valence-electron chi connectivity index (χ2n) is 7.46. The van der Waals surface area contributed by atoms with Gasteiger partial charge in [0.1, 0.15) is 29.4 Å². The number of hydrogen-bond acceptors (Lipinski definition) is 7. The van der Waals surface area contributed by atoms with Gasteiger partial charge >= 0.3 is 5.97 Å². The number of anilines is 2. The first kappa shape index (κ1) is 21.0. The van der Waals surface area contributed by atoms with Crippen molar-refractivity contribution in [3.8, 4) is 33.9 Å². The Morgan fingerprint density at radius 1 is 0.941 bits per heavy atom. The van der Waals surface area contributed by atoms with Crippen LogP contribution in [0.2, 0.25) is 0 Å². The van der Waals surface area contributed by atoms with Gasteiger partial charge in [0, 0.05) is 22.9 Å². The van der Waals surface area contributed by atoms with E-state index in [4.69, 9.17) is 14.3 Å². The molecule has 0 fully saturated rings. The van der Waals surface area contributed by atoms with Crippen LogP contribution in [-0.4, -0.2) is 32.8 Å². The lowest BCUT2D eigenvalue weighted by Gasteiger charge is -2.10. The molecule has 8 nitrogen and oxygen atoms in total. The average Bonchev–Trinajstić information content (AvgIpc) is 3.25. The third-order valence-electron chi connectivity index (χ3n) is 5.14. The monoisotopic (exact) mass is 453 g/mol. The average molecular weight is 453 g/mol. The van der Waals surface area contributed by atoms with E-state index < -0.39 is 12.6 Å². The summed E-state index contributed by atoms with van der Waals surface area (Å²) in [6.45, 7) is -0.436. The molecule has 0 saturated heterocycles. The summed E-state index contributed by atoms with van der Waals surface area (Å²) in [5, 5.41) is 22.6. The number of nitrogens with one attached hydrogen (secondary N) is 1. The Labute approximate surface area is 194 Å². The Hall–Kier alpha value is -4.85. The fourth-order valence-corrected chi connectivity index (χ4v) is 3.67. The zero-order valence-corrected chi connectivity index (χ0v) is 17.8. The number of ether oxygens (including phenoxy) is 1. The number of benzene rings is 3. The fraction of sp³-hybridized carbons (Fsp3) is 0.0385. The number of nitrogens with zero attached hydrogens (tertiary/aromatic N) is 2. The lowest BCUT2D eigenvalue weighted by molar-refractivity contribution is -0.139. The Morgan fingerprint density at radius 2 is 1.74 bits per heavy atom. The molecule has 34 heavy (non-hydrogen) atoms. The van der Waals surface area contributed by atoms with Gasteiger partial charge < -0.3 is 24.7 Å². The number of phenols is 1. The topological polar surface area (TPSA) is 118 Å². The number of carboxylic acids is 1. The Bertz CT molecular complexity index is 1460. The van der Waals surface area contributed by atoms with Crippen molar-refractivity contribution in [1.82, 2.24) is 9.97 Å². The second kappa shape index (κ2) is 8.95. The van der Waals surface area contributed by atoms with E-state index in [0.29, 0.717) is 34.1 Å². The standard InChI is InChI=1S/C26H19N3O5/c30-19-11-9-16(10-12-19)22-23-25(29-18-7-4-8-20(13-18)33-14-21(31)32)27-15-28-26(23)34-24(22)17-5-2-1-3-6-17/h1-13,15,30H,14H2,(H,31,32)(H,27,28,29). The molecule has 2 heterocycles. The van der Waals surface area contributed by atoms with Crippen molar-refractivity contribution < 1.29 is 24.2 Å². The van der Waals surface area contributed by atoms with Gasteiger partial charge in [0.2, 0.25) is 5.71 Å². The van der Waals surface area contributed by atoms with Gasteiger partial charge in [-0.25, -0.2) is 14.8 Å². The maximum atomic E-state index is 10.8. The summed E-state index contributed by atoms with van der Waals surface area (Å²) in [5.41, 5.74) is 3.53. The molecule has 0 aliphatic heterocycles. The number of aliphatic carboxylic acids is 1. The van der Waals surface area contributed by atoms with Gasteiger partial charge in [-0.3, -0.25) is 0 Å². The molecule has 168 valence electrons. The van der Waals surface area contributed by atoms with E-state index in [-0.39, 0.29) is 5.75 Å². The molecular weight excluding hydrogens is 434 g/mol. The molecule has 2 aromatic heterocycles. The molecule has 3 N–H and O–H groups in total. The first-order valence-corrected chi connectivity index (χ1v) is 10.4. The number of carboxylic acid groups (broad SMARTS) is 1. The van der Waals surface area contributed by atoms with Crippen molar-refractivity contribution in [2.24, 2.45) is 0 Å². The van der Waals surface area contributed by atoms with Crippen LogP contribution in [0, 0.1) is 0 Å². The number of carbonyl (C=O) groups is 1. The van der Waals surface area contributed by atoms with Crippen molar-refractivity contribution in [2.45, 2.75) is 0 Å². The Kier molecular flexibility index (Phi) is 5.53. The second-order valence-corrected chi connectivity index (χ2v) is 7.46. The number of aromatic hydroxyl groups is 1. The highest BCUT2D eigenvalue weighted by Crippen LogP contribution is 2.43. The van der Waals surface area contributed by atoms with Gasteiger partial charge in [-0.1, -0.05) is 48.5 Å². The van der Waals surface area contributed by atoms with Gasteiger partial charge in [0.05, 0.1) is 5.39 Å². The lowest BCUT2D eigenvalue weighted by atomic mass is 9.99. The minimum absolute atomic E-state index is 0.158. The third kappa shape index (κ3) is 4.24. The highest BCUT2D eigenvalue weighted by atomic mass is 16.5. The minimum Gasteiger partial charge on any atom is -0.508 e. The molecule has 0 amide bonds. The quantitative estimate of drug-likeness (QED) is 0.297. The SMILES string of the molecule is O=C(O)COc1cccc(Nc2ncnc3oc(-c4ccccc4)c(-c4ccc(O)cc4)c23)c1. The van der Waals surface area contributed by atoms with Gasteiger partial charge in [-0.15, -0.1) is 0 Å². The summed E-state index contributed by atoms with van der Waals surface area (Å²) in [6, 6.07) is 23.5. The van der Waals surface area contributed by atoms with E-state index in [9.17, 15) is 9.90 Å². The third-order valence-corrected chi connectivity index (χ3v) is 5.14. The lowest BCUT2D eigenvalue weighted by Crippen LogP contribution is -2.09. The molecule has 0 unspecified atom stereocenters. The molecule has 0 radical (unpaired) electrons. The van der Waals surface area contributed by atoms with E-state index in [2.05, 4.69) is 15.3 Å². The number of hydrogen-bond donors (Lipinski definition) is 3. The summed E-state index contributed by atoms with van der Waals surface area (Å²) >= 11 is 0. The Balaban J connectivity index is 1.64. The molecule has 5 aromatic rings. The smallest absolute Gasteiger partial charge is 0.341 e. The molecule has 0 atom stereocenters. The molecule has 5 rings (SSSR count). The zero-order chi connectivity index (χ0) is 23.5. The van der Waals surface area contributed by atoms with Gasteiger partial charge in [0.25, 0.3) is 0 Å². The highest BCUT2D eigenvalue weighted by molar-refractivity contribution is 6.06. The van der Waals surface area contributed by atoms with E-state index in [1.54, 1.807) is 30.3 Å². The van der Waals surface area contributed by atoms with Gasteiger partial charge in [-0.05, 0) is 29.8 Å². The van der Waals surface area contributed by atoms with Crippen LogP contribution < -0.4 is 10.1 Å². The van der Waals surface area contributed by atoms with Gasteiger partial charge in [0.15, 0.2) is 6.61 Å². The first-order chi connectivity index (χ1) is 16.6. The Morgan fingerprint density at radius 3 is 2.50 bits per heavy atom. The largest absolute Gasteiger partial charge is 0.508 e. The molecule has 0 saturated carbocycles. The van der Waals surface area contributed by atoms with E-state index in [1.165, 1.54) is 6.33 Å². The number of phenolic OH excluding ortho intramolecular Hbond substituents is 1. The maximum absolute atomic E-state index is 10.8. The number of fused-ring (bicyclic) bond motifs is 1. The van der Waals surface area contributed by atoms with E-state index in [1.807, 2.05) is 48.5 Å². The van der Waals surface area contributed by atoms with Crippen LogP contribution in [0.5, 0.6) is 11.5 Å². The number of furan rings is 1. The van der Waals surface area contributed by atoms with E-state index >= 15 is 0 Å². The predicted octanol–water partition coefficient (Wildman–Crippen LogP) is 5.47. The van der Waals surface area contributed by atoms with Crippen LogP contribution in [-0.2, 0) is 4.79 Å². The van der Waals surface area contributed by atoms with Crippen molar-refractivity contribution >= 4 is 28.6 Å². The molecule has 3 aromatic carbocycles. The van der Waals surface area contributed by atoms with Crippen LogP contribution in [0.15, 0.2) is 89.6 Å². The van der Waals surface area contributed by atoms with Crippen LogP contribution in [0.25, 0.3) is 33.6 Å². The van der Waals surface area contributed by atoms with Crippen molar-refractivity contribution in [1.29, 1.82) is 0 Å². The molecular formula is C26H19N3O5. The van der Waals surface area contributed by atoms with Crippen LogP contribution in [0.1, 0.15) is 0 Å². The van der Waals surface area contributed by atoms with Crippen molar-refractivity contribution in [2.75, 3.05) is 11.9 Å². The summed E-state index contributed by atoms with van der Waals surface area (Å²) in [5.74, 6) is 0.651. The summed E-state index contributed by atoms with van der Waals surface area (Å²) < 4.78 is 11.5. The predicted molar refractivity (Wildman–Crippen MR) is 127 cm³/mol. The van der Waals surface area contributed by atoms with Crippen LogP contribution in [0.3, 0.4) is 0 Å². The summed E-state index contributed by atoms with van der Waals surface area (Å²) in [7, 11) is 0. The zero-order valence-electron chi connectivity index (χ0n) is 17.8. The van der Waals surface area contributed by atoms with Crippen molar-refractivity contribution in [3.05, 3.63) is 85.2 Å². The normalized spacial score (nSPS) is 10.8. The molecule has 0 spiro atoms. The van der Waals surface area contributed by atoms with Crippen LogP contribution in [0.4, 0.5) is 11.5 Å². The molecule has 0 bridgehead atoms. The van der Waals surface area contributed by atoms with E-state index in [0.717, 1.165) is 16.7 Å². The molecule has 0 aliphatic carbocycles. The summed E-state index contributed by atoms with van der Waals surface area (Å²) in [4.78, 5) is 19.6. The highest BCUT2D eigenvalue weighted by Gasteiger charge is 2.22. The van der Waals surface area contributed by atoms with Crippen LogP contribution >= 0.6 is 0 Å². The van der Waals surface area contributed by atoms with Crippen molar-refractivity contribution in [3.63, 3.8) is 0 Å². The number of rotatable bonds is 7.